The molecule has 0 amide bonds. The number of rotatable bonds is 5. The maximum Gasteiger partial charge on any atom is 0.258 e. The van der Waals surface area contributed by atoms with Gasteiger partial charge in [0.25, 0.3) is 5.89 Å². The van der Waals surface area contributed by atoms with Crippen molar-refractivity contribution in [3.8, 4) is 11.5 Å². The predicted octanol–water partition coefficient (Wildman–Crippen LogP) is 1.93. The standard InChI is InChI=1S/C18H24N8O/c1-13-20-18(27-22-13)14-4-7-19-17(10-14)25-8-5-16(6-9-25)26-12-15(21-23-26)11-24(2)3/h4,7,10,12,16H,5-6,8-9,11H2,1-3H3. The molecule has 1 fully saturated rings. The van der Waals surface area contributed by atoms with Crippen LogP contribution in [-0.2, 0) is 6.54 Å². The Labute approximate surface area is 158 Å². The van der Waals surface area contributed by atoms with Gasteiger partial charge in [-0.2, -0.15) is 4.98 Å². The number of aromatic nitrogens is 6. The lowest BCUT2D eigenvalue weighted by molar-refractivity contribution is 0.359. The van der Waals surface area contributed by atoms with Gasteiger partial charge in [0.15, 0.2) is 5.82 Å². The highest BCUT2D eigenvalue weighted by molar-refractivity contribution is 5.58. The van der Waals surface area contributed by atoms with Gasteiger partial charge in [-0.3, -0.25) is 0 Å². The zero-order valence-corrected chi connectivity index (χ0v) is 15.9. The zero-order valence-electron chi connectivity index (χ0n) is 15.9. The third kappa shape index (κ3) is 3.97. The fourth-order valence-corrected chi connectivity index (χ4v) is 3.39. The second kappa shape index (κ2) is 7.43. The number of aryl methyl sites for hydroxylation is 1. The van der Waals surface area contributed by atoms with Gasteiger partial charge >= 0.3 is 0 Å². The highest BCUT2D eigenvalue weighted by atomic mass is 16.5. The first-order valence-corrected chi connectivity index (χ1v) is 9.15. The molecular formula is C18H24N8O. The molecule has 1 aliphatic rings. The van der Waals surface area contributed by atoms with Crippen molar-refractivity contribution < 1.29 is 4.52 Å². The molecule has 0 aliphatic carbocycles. The van der Waals surface area contributed by atoms with Crippen LogP contribution in [0.2, 0.25) is 0 Å². The number of piperidine rings is 1. The minimum atomic E-state index is 0.381. The van der Waals surface area contributed by atoms with Gasteiger partial charge in [0, 0.05) is 31.4 Å². The van der Waals surface area contributed by atoms with Gasteiger partial charge in [0.1, 0.15) is 5.82 Å². The van der Waals surface area contributed by atoms with Crippen LogP contribution in [0.5, 0.6) is 0 Å². The Morgan fingerprint density at radius 1 is 1.26 bits per heavy atom. The minimum absolute atomic E-state index is 0.381. The van der Waals surface area contributed by atoms with E-state index in [9.17, 15) is 0 Å². The molecule has 4 rings (SSSR count). The highest BCUT2D eigenvalue weighted by Crippen LogP contribution is 2.27. The van der Waals surface area contributed by atoms with Crippen molar-refractivity contribution in [1.29, 1.82) is 0 Å². The summed E-state index contributed by atoms with van der Waals surface area (Å²) >= 11 is 0. The van der Waals surface area contributed by atoms with Crippen LogP contribution in [0, 0.1) is 6.92 Å². The van der Waals surface area contributed by atoms with Crippen molar-refractivity contribution >= 4 is 5.82 Å². The molecule has 27 heavy (non-hydrogen) atoms. The lowest BCUT2D eigenvalue weighted by Crippen LogP contribution is -2.35. The average Bonchev–Trinajstić information content (AvgIpc) is 3.31. The minimum Gasteiger partial charge on any atom is -0.356 e. The summed E-state index contributed by atoms with van der Waals surface area (Å²) in [6.45, 7) is 4.47. The van der Waals surface area contributed by atoms with E-state index in [1.54, 1.807) is 6.20 Å². The molecule has 0 unspecified atom stereocenters. The van der Waals surface area contributed by atoms with Crippen LogP contribution in [0.1, 0.15) is 30.4 Å². The molecule has 9 heteroatoms. The molecule has 4 heterocycles. The first-order chi connectivity index (χ1) is 13.1. The van der Waals surface area contributed by atoms with Crippen LogP contribution >= 0.6 is 0 Å². The van der Waals surface area contributed by atoms with Gasteiger partial charge in [-0.1, -0.05) is 10.4 Å². The van der Waals surface area contributed by atoms with Crippen molar-refractivity contribution in [2.24, 2.45) is 0 Å². The van der Waals surface area contributed by atoms with Gasteiger partial charge in [0.2, 0.25) is 0 Å². The first-order valence-electron chi connectivity index (χ1n) is 9.15. The molecular weight excluding hydrogens is 344 g/mol. The summed E-state index contributed by atoms with van der Waals surface area (Å²) in [6.07, 6.45) is 5.88. The summed E-state index contributed by atoms with van der Waals surface area (Å²) in [5, 5.41) is 12.5. The normalized spacial score (nSPS) is 15.6. The van der Waals surface area contributed by atoms with E-state index < -0.39 is 0 Å². The van der Waals surface area contributed by atoms with Crippen LogP contribution in [0.15, 0.2) is 29.0 Å². The van der Waals surface area contributed by atoms with Crippen LogP contribution in [0.4, 0.5) is 5.82 Å². The Balaban J connectivity index is 1.41. The van der Waals surface area contributed by atoms with E-state index in [2.05, 4.69) is 41.4 Å². The van der Waals surface area contributed by atoms with Gasteiger partial charge in [-0.15, -0.1) is 5.10 Å². The zero-order chi connectivity index (χ0) is 18.8. The van der Waals surface area contributed by atoms with Crippen molar-refractivity contribution in [3.05, 3.63) is 36.0 Å². The summed E-state index contributed by atoms with van der Waals surface area (Å²) in [6, 6.07) is 4.29. The molecule has 0 radical (unpaired) electrons. The van der Waals surface area contributed by atoms with Crippen LogP contribution < -0.4 is 4.90 Å². The van der Waals surface area contributed by atoms with Crippen LogP contribution in [0.25, 0.3) is 11.5 Å². The Morgan fingerprint density at radius 3 is 2.78 bits per heavy atom. The van der Waals surface area contributed by atoms with E-state index in [0.29, 0.717) is 17.8 Å². The summed E-state index contributed by atoms with van der Waals surface area (Å²) in [7, 11) is 4.07. The molecule has 0 aromatic carbocycles. The Bertz CT molecular complexity index is 894. The largest absolute Gasteiger partial charge is 0.356 e. The fraction of sp³-hybridized carbons (Fsp3) is 0.500. The topological polar surface area (TPSA) is 89.0 Å². The summed E-state index contributed by atoms with van der Waals surface area (Å²) in [5.41, 5.74) is 1.90. The number of pyridine rings is 1. The maximum atomic E-state index is 5.27. The van der Waals surface area contributed by atoms with Gasteiger partial charge in [-0.25, -0.2) is 9.67 Å². The molecule has 0 spiro atoms. The third-order valence-electron chi connectivity index (χ3n) is 4.72. The average molecular weight is 368 g/mol. The second-order valence-electron chi connectivity index (χ2n) is 7.20. The molecule has 3 aromatic rings. The van der Waals surface area contributed by atoms with Crippen molar-refractivity contribution in [3.63, 3.8) is 0 Å². The molecule has 0 N–H and O–H groups in total. The number of hydrogen-bond donors (Lipinski definition) is 0. The van der Waals surface area contributed by atoms with E-state index in [0.717, 1.165) is 49.6 Å². The van der Waals surface area contributed by atoms with Gasteiger partial charge in [-0.05, 0) is 46.0 Å². The predicted molar refractivity (Wildman–Crippen MR) is 100 cm³/mol. The molecule has 9 nitrogen and oxygen atoms in total. The Morgan fingerprint density at radius 2 is 2.07 bits per heavy atom. The van der Waals surface area contributed by atoms with E-state index in [-0.39, 0.29) is 0 Å². The van der Waals surface area contributed by atoms with Gasteiger partial charge < -0.3 is 14.3 Å². The second-order valence-corrected chi connectivity index (χ2v) is 7.20. The third-order valence-corrected chi connectivity index (χ3v) is 4.72. The van der Waals surface area contributed by atoms with Crippen molar-refractivity contribution in [2.75, 3.05) is 32.1 Å². The van der Waals surface area contributed by atoms with Crippen molar-refractivity contribution in [1.82, 2.24) is 35.0 Å². The lowest BCUT2D eigenvalue weighted by Gasteiger charge is -2.32. The van der Waals surface area contributed by atoms with Crippen LogP contribution in [0.3, 0.4) is 0 Å². The number of anilines is 1. The monoisotopic (exact) mass is 368 g/mol. The number of hydrogen-bond acceptors (Lipinski definition) is 8. The summed E-state index contributed by atoms with van der Waals surface area (Å²) in [4.78, 5) is 13.2. The Kier molecular flexibility index (Phi) is 4.85. The molecule has 1 saturated heterocycles. The molecule has 0 atom stereocenters. The fourth-order valence-electron chi connectivity index (χ4n) is 3.39. The number of nitrogens with zero attached hydrogens (tertiary/aromatic N) is 8. The molecule has 142 valence electrons. The van der Waals surface area contributed by atoms with Crippen molar-refractivity contribution in [2.45, 2.75) is 32.4 Å². The quantitative estimate of drug-likeness (QED) is 0.675. The Hall–Kier alpha value is -2.81. The van der Waals surface area contributed by atoms with E-state index in [4.69, 9.17) is 4.52 Å². The maximum absolute atomic E-state index is 5.27. The van der Waals surface area contributed by atoms with Crippen LogP contribution in [-0.4, -0.2) is 62.2 Å². The molecule has 3 aromatic heterocycles. The smallest absolute Gasteiger partial charge is 0.258 e. The molecule has 1 aliphatic heterocycles. The SMILES string of the molecule is Cc1noc(-c2ccnc(N3CCC(n4cc(CN(C)C)nn4)CC3)c2)n1. The van der Waals surface area contributed by atoms with Gasteiger partial charge in [0.05, 0.1) is 17.9 Å². The van der Waals surface area contributed by atoms with E-state index in [1.165, 1.54) is 0 Å². The molecule has 0 bridgehead atoms. The van der Waals surface area contributed by atoms with E-state index in [1.807, 2.05) is 37.8 Å². The summed E-state index contributed by atoms with van der Waals surface area (Å²) < 4.78 is 7.28. The molecule has 0 saturated carbocycles. The highest BCUT2D eigenvalue weighted by Gasteiger charge is 2.23. The van der Waals surface area contributed by atoms with E-state index >= 15 is 0 Å². The first kappa shape index (κ1) is 17.6. The summed E-state index contributed by atoms with van der Waals surface area (Å²) in [5.74, 6) is 2.10. The lowest BCUT2D eigenvalue weighted by atomic mass is 10.1.